The van der Waals surface area contributed by atoms with Gasteiger partial charge in [-0.1, -0.05) is 11.8 Å². The van der Waals surface area contributed by atoms with Crippen LogP contribution in [0.4, 0.5) is 26.3 Å². The van der Waals surface area contributed by atoms with Crippen LogP contribution < -0.4 is 4.74 Å². The molecule has 21 heavy (non-hydrogen) atoms. The van der Waals surface area contributed by atoms with E-state index < -0.39 is 23.4 Å². The smallest absolute Gasteiger partial charge is 0.406 e. The molecule has 1 aromatic carbocycles. The maximum atomic E-state index is 11.9. The van der Waals surface area contributed by atoms with Crippen molar-refractivity contribution >= 4 is 17.5 Å². The number of rotatable bonds is 6. The Labute approximate surface area is 120 Å². The van der Waals surface area contributed by atoms with Crippen LogP contribution in [0.15, 0.2) is 24.3 Å². The average molecular weight is 332 g/mol. The summed E-state index contributed by atoms with van der Waals surface area (Å²) in [4.78, 5) is 11.6. The minimum atomic E-state index is -4.82. The third kappa shape index (κ3) is 7.84. The zero-order valence-electron chi connectivity index (χ0n) is 10.4. The van der Waals surface area contributed by atoms with Crippen molar-refractivity contribution in [3.05, 3.63) is 29.8 Å². The minimum Gasteiger partial charge on any atom is -0.406 e. The second-order valence-corrected chi connectivity index (χ2v) is 5.05. The number of carbonyl (C=O) groups is 1. The summed E-state index contributed by atoms with van der Waals surface area (Å²) in [5.41, 5.74) is -4.21. The Balaban J connectivity index is 2.45. The van der Waals surface area contributed by atoms with E-state index in [1.165, 1.54) is 0 Å². The number of carbonyl (C=O) groups excluding carboxylic acids is 1. The summed E-state index contributed by atoms with van der Waals surface area (Å²) in [6.07, 6.45) is -4.90. The quantitative estimate of drug-likeness (QED) is 0.425. The molecule has 118 valence electrons. The molecule has 0 saturated carbocycles. The Hall–Kier alpha value is -1.38. The molecule has 0 amide bonds. The Morgan fingerprint density at radius 3 is 2.10 bits per heavy atom. The average Bonchev–Trinajstić information content (AvgIpc) is 2.32. The van der Waals surface area contributed by atoms with E-state index in [1.54, 1.807) is 0 Å². The first-order chi connectivity index (χ1) is 9.57. The molecule has 1 rings (SSSR count). The molecule has 0 aliphatic heterocycles. The van der Waals surface area contributed by atoms with Crippen LogP contribution in [0.3, 0.4) is 0 Å². The van der Waals surface area contributed by atoms with Gasteiger partial charge in [0.1, 0.15) is 5.75 Å². The van der Waals surface area contributed by atoms with Crippen LogP contribution >= 0.6 is 11.8 Å². The Kier molecular flexibility index (Phi) is 5.94. The van der Waals surface area contributed by atoms with Crippen molar-refractivity contribution in [3.63, 3.8) is 0 Å². The minimum absolute atomic E-state index is 0.0316. The first-order valence-electron chi connectivity index (χ1n) is 5.66. The van der Waals surface area contributed by atoms with Gasteiger partial charge in [0, 0.05) is 17.7 Å². The highest BCUT2D eigenvalue weighted by Gasteiger charge is 2.31. The third-order valence-electron chi connectivity index (χ3n) is 2.22. The molecule has 0 N–H and O–H groups in total. The maximum absolute atomic E-state index is 11.9. The predicted octanol–water partition coefficient (Wildman–Crippen LogP) is 4.80. The van der Waals surface area contributed by atoms with Crippen molar-refractivity contribution in [2.24, 2.45) is 0 Å². The molecule has 1 aromatic rings. The van der Waals surface area contributed by atoms with Gasteiger partial charge >= 0.3 is 11.9 Å². The molecule has 2 nitrogen and oxygen atoms in total. The molecule has 0 bridgehead atoms. The lowest BCUT2D eigenvalue weighted by Gasteiger charge is -2.09. The molecule has 0 aromatic heterocycles. The van der Waals surface area contributed by atoms with Gasteiger partial charge in [-0.3, -0.25) is 4.79 Å². The summed E-state index contributed by atoms with van der Waals surface area (Å²) in [5, 5.41) is 0. The van der Waals surface area contributed by atoms with E-state index in [1.807, 2.05) is 0 Å². The van der Waals surface area contributed by atoms with Crippen LogP contribution in [-0.4, -0.2) is 23.4 Å². The molecule has 0 radical (unpaired) electrons. The first kappa shape index (κ1) is 17.7. The molecule has 0 unspecified atom stereocenters. The number of Topliss-reactive ketones (excluding diaryl/α,β-unsaturated/α-hetero) is 1. The van der Waals surface area contributed by atoms with Crippen molar-refractivity contribution in [2.45, 2.75) is 24.7 Å². The highest BCUT2D eigenvalue weighted by Crippen LogP contribution is 2.31. The van der Waals surface area contributed by atoms with Gasteiger partial charge < -0.3 is 4.74 Å². The van der Waals surface area contributed by atoms with Crippen LogP contribution in [0.25, 0.3) is 0 Å². The topological polar surface area (TPSA) is 26.3 Å². The van der Waals surface area contributed by atoms with E-state index in [0.29, 0.717) is 0 Å². The number of halogens is 6. The maximum Gasteiger partial charge on any atom is 0.573 e. The molecule has 0 aliphatic carbocycles. The van der Waals surface area contributed by atoms with Gasteiger partial charge in [0.2, 0.25) is 0 Å². The number of alkyl halides is 6. The van der Waals surface area contributed by atoms with Crippen molar-refractivity contribution in [3.8, 4) is 5.75 Å². The van der Waals surface area contributed by atoms with Crippen LogP contribution in [0.2, 0.25) is 0 Å². The standard InChI is InChI=1S/C12H10F6O2S/c13-11(14,15)20-9-5-3-8(4-6-9)10(19)2-1-7-21-12(16,17)18/h3-6H,1-2,7H2. The van der Waals surface area contributed by atoms with Crippen LogP contribution in [0, 0.1) is 0 Å². The number of ketones is 1. The van der Waals surface area contributed by atoms with Gasteiger partial charge in [0.05, 0.1) is 0 Å². The number of thioether (sulfide) groups is 1. The Morgan fingerprint density at radius 2 is 1.62 bits per heavy atom. The summed E-state index contributed by atoms with van der Waals surface area (Å²) in [5.74, 6) is -1.15. The lowest BCUT2D eigenvalue weighted by Crippen LogP contribution is -2.17. The fourth-order valence-electron chi connectivity index (χ4n) is 1.41. The summed E-state index contributed by atoms with van der Waals surface area (Å²) in [6, 6.07) is 4.23. The van der Waals surface area contributed by atoms with Gasteiger partial charge in [-0.2, -0.15) is 13.2 Å². The highest BCUT2D eigenvalue weighted by molar-refractivity contribution is 8.00. The SMILES string of the molecule is O=C(CCCSC(F)(F)F)c1ccc(OC(F)(F)F)cc1. The van der Waals surface area contributed by atoms with Gasteiger partial charge in [-0.05, 0) is 30.7 Å². The van der Waals surface area contributed by atoms with Gasteiger partial charge in [-0.25, -0.2) is 0 Å². The lowest BCUT2D eigenvalue weighted by molar-refractivity contribution is -0.274. The van der Waals surface area contributed by atoms with E-state index in [0.717, 1.165) is 24.3 Å². The normalized spacial score (nSPS) is 12.3. The molecule has 0 fully saturated rings. The van der Waals surface area contributed by atoms with E-state index >= 15 is 0 Å². The van der Waals surface area contributed by atoms with E-state index in [4.69, 9.17) is 0 Å². The fraction of sp³-hybridized carbons (Fsp3) is 0.417. The second-order valence-electron chi connectivity index (χ2n) is 3.89. The predicted molar refractivity (Wildman–Crippen MR) is 65.2 cm³/mol. The molecule has 9 heteroatoms. The van der Waals surface area contributed by atoms with Gasteiger partial charge in [-0.15, -0.1) is 13.2 Å². The Morgan fingerprint density at radius 1 is 1.05 bits per heavy atom. The molecule has 0 atom stereocenters. The zero-order valence-corrected chi connectivity index (χ0v) is 11.2. The summed E-state index contributed by atoms with van der Waals surface area (Å²) < 4.78 is 75.0. The molecular formula is C12H10F6O2S. The largest absolute Gasteiger partial charge is 0.573 e. The fourth-order valence-corrected chi connectivity index (χ4v) is 1.93. The van der Waals surface area contributed by atoms with E-state index in [-0.39, 0.29) is 35.9 Å². The van der Waals surface area contributed by atoms with E-state index in [2.05, 4.69) is 4.74 Å². The van der Waals surface area contributed by atoms with Crippen molar-refractivity contribution < 1.29 is 35.9 Å². The monoisotopic (exact) mass is 332 g/mol. The summed E-state index contributed by atoms with van der Waals surface area (Å²) >= 11 is -0.218. The summed E-state index contributed by atoms with van der Waals surface area (Å²) in [6.45, 7) is 0. The number of hydrogen-bond acceptors (Lipinski definition) is 3. The van der Waals surface area contributed by atoms with Crippen LogP contribution in [0.5, 0.6) is 5.75 Å². The van der Waals surface area contributed by atoms with Crippen LogP contribution in [0.1, 0.15) is 23.2 Å². The van der Waals surface area contributed by atoms with Gasteiger partial charge in [0.15, 0.2) is 5.78 Å². The molecule has 0 saturated heterocycles. The molecular weight excluding hydrogens is 322 g/mol. The van der Waals surface area contributed by atoms with Gasteiger partial charge in [0.25, 0.3) is 0 Å². The van der Waals surface area contributed by atoms with Crippen molar-refractivity contribution in [1.82, 2.24) is 0 Å². The third-order valence-corrected chi connectivity index (χ3v) is 3.04. The number of hydrogen-bond donors (Lipinski definition) is 0. The molecule has 0 heterocycles. The number of ether oxygens (including phenoxy) is 1. The first-order valence-corrected chi connectivity index (χ1v) is 6.65. The van der Waals surface area contributed by atoms with E-state index in [9.17, 15) is 31.1 Å². The second kappa shape index (κ2) is 7.06. The van der Waals surface area contributed by atoms with Crippen molar-refractivity contribution in [2.75, 3.05) is 5.75 Å². The Bertz CT molecular complexity index is 466. The van der Waals surface area contributed by atoms with Crippen molar-refractivity contribution in [1.29, 1.82) is 0 Å². The lowest BCUT2D eigenvalue weighted by atomic mass is 10.1. The summed E-state index contributed by atoms with van der Waals surface area (Å²) in [7, 11) is 0. The molecule has 0 aliphatic rings. The number of benzene rings is 1. The molecule has 0 spiro atoms. The zero-order chi connectivity index (χ0) is 16.1. The van der Waals surface area contributed by atoms with Crippen LogP contribution in [-0.2, 0) is 0 Å². The highest BCUT2D eigenvalue weighted by atomic mass is 32.2.